The Morgan fingerprint density at radius 2 is 2.17 bits per heavy atom. The Morgan fingerprint density at radius 3 is 2.87 bits per heavy atom. The Hall–Kier alpha value is -2.28. The molecule has 0 spiro atoms. The fourth-order valence-electron chi connectivity index (χ4n) is 2.93. The molecule has 3 heterocycles. The van der Waals surface area contributed by atoms with Crippen molar-refractivity contribution < 1.29 is 9.21 Å². The zero-order valence-electron chi connectivity index (χ0n) is 13.1. The predicted octanol–water partition coefficient (Wildman–Crippen LogP) is 2.03. The van der Waals surface area contributed by atoms with Crippen LogP contribution in [0.5, 0.6) is 0 Å². The normalized spacial score (nSPS) is 16.9. The van der Waals surface area contributed by atoms with E-state index in [1.165, 1.54) is 19.3 Å². The maximum Gasteiger partial charge on any atom is 0.315 e. The van der Waals surface area contributed by atoms with E-state index in [1.54, 1.807) is 12.5 Å². The SMILES string of the molecule is O=C(NCc1ccn[nH]1)NC[C@@H](c1ccco1)N1CCCCC1. The van der Waals surface area contributed by atoms with Crippen LogP contribution >= 0.6 is 0 Å². The number of furan rings is 1. The number of nitrogens with zero attached hydrogens (tertiary/aromatic N) is 2. The number of carbonyl (C=O) groups is 1. The first kappa shape index (κ1) is 15.6. The third kappa shape index (κ3) is 4.35. The summed E-state index contributed by atoms with van der Waals surface area (Å²) in [5, 5.41) is 12.4. The Bertz CT molecular complexity index is 576. The number of H-pyrrole nitrogens is 1. The molecule has 1 atom stereocenters. The summed E-state index contributed by atoms with van der Waals surface area (Å²) in [6.45, 7) is 3.05. The van der Waals surface area contributed by atoms with E-state index < -0.39 is 0 Å². The molecule has 124 valence electrons. The van der Waals surface area contributed by atoms with Crippen LogP contribution < -0.4 is 10.6 Å². The van der Waals surface area contributed by atoms with Gasteiger partial charge in [-0.3, -0.25) is 10.00 Å². The molecule has 3 rings (SSSR count). The van der Waals surface area contributed by atoms with Crippen molar-refractivity contribution >= 4 is 6.03 Å². The van der Waals surface area contributed by atoms with E-state index in [2.05, 4.69) is 25.7 Å². The minimum atomic E-state index is -0.187. The number of piperidine rings is 1. The van der Waals surface area contributed by atoms with Crippen LogP contribution in [0, 0.1) is 0 Å². The largest absolute Gasteiger partial charge is 0.468 e. The molecule has 3 N–H and O–H groups in total. The number of likely N-dealkylation sites (tertiary alicyclic amines) is 1. The van der Waals surface area contributed by atoms with E-state index in [0.717, 1.165) is 24.5 Å². The Kier molecular flexibility index (Phi) is 5.31. The summed E-state index contributed by atoms with van der Waals surface area (Å²) in [5.74, 6) is 0.903. The van der Waals surface area contributed by atoms with E-state index in [-0.39, 0.29) is 12.1 Å². The highest BCUT2D eigenvalue weighted by molar-refractivity contribution is 5.73. The van der Waals surface area contributed by atoms with Gasteiger partial charge in [0, 0.05) is 12.7 Å². The Balaban J connectivity index is 1.52. The number of aromatic nitrogens is 2. The average molecular weight is 317 g/mol. The fourth-order valence-corrected chi connectivity index (χ4v) is 2.93. The summed E-state index contributed by atoms with van der Waals surface area (Å²) in [7, 11) is 0. The number of rotatable bonds is 6. The average Bonchev–Trinajstić information content (AvgIpc) is 3.28. The zero-order chi connectivity index (χ0) is 15.9. The standard InChI is InChI=1S/C16H23N5O2/c22-16(17-11-13-6-7-19-20-13)18-12-14(15-5-4-10-23-15)21-8-2-1-3-9-21/h4-7,10,14H,1-3,8-9,11-12H2,(H,19,20)(H2,17,18,22)/t14-/m0/s1. The van der Waals surface area contributed by atoms with E-state index in [0.29, 0.717) is 13.1 Å². The van der Waals surface area contributed by atoms with E-state index >= 15 is 0 Å². The molecule has 1 fully saturated rings. The second kappa shape index (κ2) is 7.82. The van der Waals surface area contributed by atoms with Gasteiger partial charge in [-0.25, -0.2) is 4.79 Å². The lowest BCUT2D eigenvalue weighted by atomic mass is 10.1. The first-order chi connectivity index (χ1) is 11.3. The van der Waals surface area contributed by atoms with Gasteiger partial charge in [0.1, 0.15) is 5.76 Å². The van der Waals surface area contributed by atoms with Crippen LogP contribution in [0.15, 0.2) is 35.1 Å². The summed E-state index contributed by atoms with van der Waals surface area (Å²) >= 11 is 0. The highest BCUT2D eigenvalue weighted by Gasteiger charge is 2.24. The van der Waals surface area contributed by atoms with Gasteiger partial charge >= 0.3 is 6.03 Å². The second-order valence-corrected chi connectivity index (χ2v) is 5.77. The van der Waals surface area contributed by atoms with Crippen molar-refractivity contribution in [2.45, 2.75) is 31.8 Å². The van der Waals surface area contributed by atoms with Crippen molar-refractivity contribution in [2.24, 2.45) is 0 Å². The van der Waals surface area contributed by atoms with E-state index in [9.17, 15) is 4.79 Å². The number of aromatic amines is 1. The maximum atomic E-state index is 12.0. The first-order valence-electron chi connectivity index (χ1n) is 8.10. The molecule has 7 nitrogen and oxygen atoms in total. The minimum Gasteiger partial charge on any atom is -0.468 e. The van der Waals surface area contributed by atoms with Gasteiger partial charge in [-0.15, -0.1) is 0 Å². The highest BCUT2D eigenvalue weighted by atomic mass is 16.3. The van der Waals surface area contributed by atoms with Crippen LogP contribution in [-0.4, -0.2) is 40.8 Å². The van der Waals surface area contributed by atoms with Crippen molar-refractivity contribution in [3.8, 4) is 0 Å². The quantitative estimate of drug-likeness (QED) is 0.761. The smallest absolute Gasteiger partial charge is 0.315 e. The molecule has 0 bridgehead atoms. The molecule has 0 unspecified atom stereocenters. The molecule has 7 heteroatoms. The van der Waals surface area contributed by atoms with Gasteiger partial charge in [-0.2, -0.15) is 5.10 Å². The second-order valence-electron chi connectivity index (χ2n) is 5.77. The van der Waals surface area contributed by atoms with Crippen LogP contribution in [0.4, 0.5) is 4.79 Å². The van der Waals surface area contributed by atoms with E-state index in [1.807, 2.05) is 18.2 Å². The molecule has 1 saturated heterocycles. The number of nitrogens with one attached hydrogen (secondary N) is 3. The molecular formula is C16H23N5O2. The van der Waals surface area contributed by atoms with Crippen molar-refractivity contribution in [3.63, 3.8) is 0 Å². The lowest BCUT2D eigenvalue weighted by molar-refractivity contribution is 0.143. The molecule has 2 amide bonds. The van der Waals surface area contributed by atoms with Crippen LogP contribution in [0.1, 0.15) is 36.8 Å². The number of amides is 2. The lowest BCUT2D eigenvalue weighted by Gasteiger charge is -2.33. The molecule has 2 aromatic heterocycles. The minimum absolute atomic E-state index is 0.0863. The Morgan fingerprint density at radius 1 is 1.30 bits per heavy atom. The molecule has 2 aromatic rings. The predicted molar refractivity (Wildman–Crippen MR) is 85.7 cm³/mol. The van der Waals surface area contributed by atoms with Gasteiger partial charge in [0.05, 0.1) is 24.5 Å². The summed E-state index contributed by atoms with van der Waals surface area (Å²) in [6.07, 6.45) is 7.02. The van der Waals surface area contributed by atoms with Crippen LogP contribution in [0.2, 0.25) is 0 Å². The summed E-state index contributed by atoms with van der Waals surface area (Å²) in [4.78, 5) is 14.4. The van der Waals surface area contributed by atoms with Gasteiger partial charge < -0.3 is 15.1 Å². The molecule has 1 aliphatic heterocycles. The Labute approximate surface area is 135 Å². The maximum absolute atomic E-state index is 12.0. The summed E-state index contributed by atoms with van der Waals surface area (Å²) < 4.78 is 5.57. The topological polar surface area (TPSA) is 86.2 Å². The molecule has 0 radical (unpaired) electrons. The van der Waals surface area contributed by atoms with Gasteiger partial charge in [0.25, 0.3) is 0 Å². The fraction of sp³-hybridized carbons (Fsp3) is 0.500. The summed E-state index contributed by atoms with van der Waals surface area (Å²) in [6, 6.07) is 5.60. The number of hydrogen-bond acceptors (Lipinski definition) is 4. The van der Waals surface area contributed by atoms with Crippen LogP contribution in [0.3, 0.4) is 0 Å². The molecule has 0 aliphatic carbocycles. The summed E-state index contributed by atoms with van der Waals surface area (Å²) in [5.41, 5.74) is 0.874. The van der Waals surface area contributed by atoms with Gasteiger partial charge in [-0.05, 0) is 44.1 Å². The zero-order valence-corrected chi connectivity index (χ0v) is 13.1. The molecule has 1 aliphatic rings. The lowest BCUT2D eigenvalue weighted by Crippen LogP contribution is -2.43. The third-order valence-electron chi connectivity index (χ3n) is 4.16. The third-order valence-corrected chi connectivity index (χ3v) is 4.16. The molecule has 23 heavy (non-hydrogen) atoms. The first-order valence-corrected chi connectivity index (χ1v) is 8.10. The highest BCUT2D eigenvalue weighted by Crippen LogP contribution is 2.24. The molecule has 0 aromatic carbocycles. The number of hydrogen-bond donors (Lipinski definition) is 3. The van der Waals surface area contributed by atoms with E-state index in [4.69, 9.17) is 4.42 Å². The van der Waals surface area contributed by atoms with Crippen molar-refractivity contribution in [3.05, 3.63) is 42.1 Å². The number of urea groups is 1. The van der Waals surface area contributed by atoms with Gasteiger partial charge in [0.2, 0.25) is 0 Å². The monoisotopic (exact) mass is 317 g/mol. The van der Waals surface area contributed by atoms with Gasteiger partial charge in [0.15, 0.2) is 0 Å². The molecular weight excluding hydrogens is 294 g/mol. The van der Waals surface area contributed by atoms with Crippen LogP contribution in [-0.2, 0) is 6.54 Å². The van der Waals surface area contributed by atoms with Crippen molar-refractivity contribution in [2.75, 3.05) is 19.6 Å². The van der Waals surface area contributed by atoms with Gasteiger partial charge in [-0.1, -0.05) is 6.42 Å². The number of carbonyl (C=O) groups excluding carboxylic acids is 1. The van der Waals surface area contributed by atoms with Crippen molar-refractivity contribution in [1.29, 1.82) is 0 Å². The van der Waals surface area contributed by atoms with Crippen LogP contribution in [0.25, 0.3) is 0 Å². The molecule has 0 saturated carbocycles. The van der Waals surface area contributed by atoms with Crippen molar-refractivity contribution in [1.82, 2.24) is 25.7 Å².